The first-order chi connectivity index (χ1) is 17.4. The van der Waals surface area contributed by atoms with Gasteiger partial charge in [0, 0.05) is 50.0 Å². The van der Waals surface area contributed by atoms with Crippen molar-refractivity contribution in [3.8, 4) is 0 Å². The number of unbranched alkanes of at least 4 members (excludes halogenated alkanes) is 1. The van der Waals surface area contributed by atoms with Gasteiger partial charge in [0.15, 0.2) is 0 Å². The summed E-state index contributed by atoms with van der Waals surface area (Å²) in [5.74, 6) is -0.474. The molecule has 3 saturated heterocycles. The summed E-state index contributed by atoms with van der Waals surface area (Å²) in [6.45, 7) is 9.83. The smallest absolute Gasteiger partial charge is 0.228 e. The Morgan fingerprint density at radius 3 is 2.67 bits per heavy atom. The van der Waals surface area contributed by atoms with E-state index >= 15 is 0 Å². The summed E-state index contributed by atoms with van der Waals surface area (Å²) in [4.78, 5) is 16.5. The van der Waals surface area contributed by atoms with Crippen molar-refractivity contribution in [3.05, 3.63) is 11.8 Å². The zero-order chi connectivity index (χ0) is 25.7. The van der Waals surface area contributed by atoms with Gasteiger partial charge in [-0.15, -0.1) is 0 Å². The van der Waals surface area contributed by atoms with Gasteiger partial charge < -0.3 is 26.6 Å². The quantitative estimate of drug-likeness (QED) is 0.348. The fraction of sp³-hybridized carbons (Fsp3) is 0.893. The third-order valence-corrected chi connectivity index (χ3v) is 9.30. The van der Waals surface area contributed by atoms with Crippen molar-refractivity contribution < 1.29 is 9.18 Å². The Morgan fingerprint density at radius 2 is 1.94 bits per heavy atom. The number of fused-ring (bicyclic) bond motifs is 2. The average Bonchev–Trinajstić information content (AvgIpc) is 2.88. The first-order valence-electron chi connectivity index (χ1n) is 14.8. The minimum atomic E-state index is -0.891. The van der Waals surface area contributed by atoms with Crippen molar-refractivity contribution in [1.29, 1.82) is 0 Å². The number of carbonyl (C=O) groups excluding carboxylic acids is 1. The predicted octanol–water partition coefficient (Wildman–Crippen LogP) is 2.77. The van der Waals surface area contributed by atoms with Crippen LogP contribution in [0.3, 0.4) is 0 Å². The molecule has 0 aromatic carbocycles. The number of alkyl halides is 1. The van der Waals surface area contributed by atoms with Crippen LogP contribution in [0.1, 0.15) is 85.0 Å². The van der Waals surface area contributed by atoms with Crippen LogP contribution in [0.2, 0.25) is 0 Å². The van der Waals surface area contributed by atoms with E-state index in [1.54, 1.807) is 0 Å². The summed E-state index contributed by atoms with van der Waals surface area (Å²) in [7, 11) is 0. The average molecular weight is 507 g/mol. The van der Waals surface area contributed by atoms with Gasteiger partial charge in [0.25, 0.3) is 0 Å². The lowest BCUT2D eigenvalue weighted by Gasteiger charge is -2.55. The van der Waals surface area contributed by atoms with Gasteiger partial charge in [0.2, 0.25) is 5.91 Å². The monoisotopic (exact) mass is 506 g/mol. The molecule has 36 heavy (non-hydrogen) atoms. The highest BCUT2D eigenvalue weighted by Crippen LogP contribution is 2.43. The van der Waals surface area contributed by atoms with Crippen molar-refractivity contribution in [1.82, 2.24) is 26.2 Å². The second kappa shape index (κ2) is 12.5. The molecule has 4 aliphatic rings. The van der Waals surface area contributed by atoms with Gasteiger partial charge in [-0.2, -0.15) is 0 Å². The lowest BCUT2D eigenvalue weighted by Crippen LogP contribution is -2.74. The molecule has 3 fully saturated rings. The van der Waals surface area contributed by atoms with E-state index in [0.29, 0.717) is 12.5 Å². The molecule has 7 nitrogen and oxygen atoms in total. The van der Waals surface area contributed by atoms with Crippen LogP contribution in [-0.2, 0) is 4.79 Å². The molecule has 6 N–H and O–H groups in total. The highest BCUT2D eigenvalue weighted by Gasteiger charge is 2.54. The maximum Gasteiger partial charge on any atom is 0.228 e. The molecule has 0 radical (unpaired) electrons. The molecule has 0 aliphatic carbocycles. The Balaban J connectivity index is 1.56. The molecular weight excluding hydrogens is 455 g/mol. The standard InChI is InChI=1S/C28H51FN6O/c1-4-6-13-28(3)23-12-11-19(29)17-32-25(28)24(26(30)34-23)27(36)33-21-18-31-20(10-5-2)16-22(21)35-14-8-7-9-15-35/h16,19-21,23-26,31-32,34H,4-15,17-18,30H2,1-3H3,(H,33,36). The van der Waals surface area contributed by atoms with E-state index in [4.69, 9.17) is 5.73 Å². The number of nitrogens with two attached hydrogens (primary N) is 1. The zero-order valence-corrected chi connectivity index (χ0v) is 22.8. The Morgan fingerprint density at radius 1 is 1.17 bits per heavy atom. The van der Waals surface area contributed by atoms with E-state index in [1.807, 2.05) is 0 Å². The summed E-state index contributed by atoms with van der Waals surface area (Å²) in [5.41, 5.74) is 7.78. The lowest BCUT2D eigenvalue weighted by atomic mass is 9.62. The molecule has 206 valence electrons. The van der Waals surface area contributed by atoms with Gasteiger partial charge in [0.05, 0.1) is 18.1 Å². The number of rotatable bonds is 8. The first kappa shape index (κ1) is 27.8. The van der Waals surface area contributed by atoms with Gasteiger partial charge in [-0.1, -0.05) is 40.0 Å². The van der Waals surface area contributed by atoms with E-state index < -0.39 is 18.3 Å². The maximum absolute atomic E-state index is 14.5. The molecule has 0 saturated carbocycles. The van der Waals surface area contributed by atoms with Crippen LogP contribution in [0.4, 0.5) is 4.39 Å². The minimum absolute atomic E-state index is 0.0201. The lowest BCUT2D eigenvalue weighted by molar-refractivity contribution is -0.133. The minimum Gasteiger partial charge on any atom is -0.373 e. The molecule has 8 atom stereocenters. The largest absolute Gasteiger partial charge is 0.373 e. The normalized spacial score (nSPS) is 39.6. The van der Waals surface area contributed by atoms with Gasteiger partial charge in [0.1, 0.15) is 6.17 Å². The molecule has 4 heterocycles. The number of carbonyl (C=O) groups is 1. The number of hydrogen-bond acceptors (Lipinski definition) is 6. The number of amides is 1. The van der Waals surface area contributed by atoms with Crippen molar-refractivity contribution in [2.24, 2.45) is 17.1 Å². The Bertz CT molecular complexity index is 758. The molecule has 1 amide bonds. The van der Waals surface area contributed by atoms with Crippen molar-refractivity contribution in [2.75, 3.05) is 26.2 Å². The second-order valence-corrected chi connectivity index (χ2v) is 11.9. The first-order valence-corrected chi connectivity index (χ1v) is 14.8. The molecular formula is C28H51FN6O. The van der Waals surface area contributed by atoms with E-state index in [2.05, 4.69) is 53.0 Å². The molecule has 8 heteroatoms. The summed E-state index contributed by atoms with van der Waals surface area (Å²) >= 11 is 0. The van der Waals surface area contributed by atoms with E-state index in [1.165, 1.54) is 25.0 Å². The second-order valence-electron chi connectivity index (χ2n) is 11.9. The number of nitrogens with one attached hydrogen (secondary N) is 4. The molecule has 4 rings (SSSR count). The Hall–Kier alpha value is -1.22. The van der Waals surface area contributed by atoms with Crippen LogP contribution in [0.25, 0.3) is 0 Å². The summed E-state index contributed by atoms with van der Waals surface area (Å²) in [6.07, 6.45) is 11.4. The number of piperidine rings is 2. The number of hydrogen-bond donors (Lipinski definition) is 5. The topological polar surface area (TPSA) is 94.5 Å². The molecule has 0 aromatic rings. The van der Waals surface area contributed by atoms with E-state index in [-0.39, 0.29) is 36.0 Å². The number of nitrogens with zero attached hydrogens (tertiary/aromatic N) is 1. The fourth-order valence-electron chi connectivity index (χ4n) is 7.16. The molecule has 0 spiro atoms. The van der Waals surface area contributed by atoms with Crippen LogP contribution in [0.15, 0.2) is 11.8 Å². The summed E-state index contributed by atoms with van der Waals surface area (Å²) < 4.78 is 14.5. The Labute approximate surface area is 218 Å². The van der Waals surface area contributed by atoms with Crippen LogP contribution in [0, 0.1) is 11.3 Å². The van der Waals surface area contributed by atoms with Crippen LogP contribution in [-0.4, -0.2) is 73.5 Å². The van der Waals surface area contributed by atoms with Crippen molar-refractivity contribution in [3.63, 3.8) is 0 Å². The van der Waals surface area contributed by atoms with E-state index in [9.17, 15) is 9.18 Å². The molecule has 8 unspecified atom stereocenters. The SMILES string of the molecule is CCCCC1(C)C2CCC(F)CNC1C(C(=O)NC1CNC(CCC)C=C1N1CCCCC1)C(N)N2. The number of halogens is 1. The van der Waals surface area contributed by atoms with Gasteiger partial charge in [-0.25, -0.2) is 4.39 Å². The van der Waals surface area contributed by atoms with Gasteiger partial charge >= 0.3 is 0 Å². The molecule has 0 aromatic heterocycles. The van der Waals surface area contributed by atoms with Crippen LogP contribution >= 0.6 is 0 Å². The molecule has 4 aliphatic heterocycles. The van der Waals surface area contributed by atoms with Crippen LogP contribution < -0.4 is 27.0 Å². The Kier molecular flexibility index (Phi) is 9.69. The third kappa shape index (κ3) is 6.08. The summed E-state index contributed by atoms with van der Waals surface area (Å²) in [5, 5.41) is 14.1. The van der Waals surface area contributed by atoms with Crippen molar-refractivity contribution in [2.45, 2.75) is 121 Å². The summed E-state index contributed by atoms with van der Waals surface area (Å²) in [6, 6.07) is 0.230. The van der Waals surface area contributed by atoms with Crippen LogP contribution in [0.5, 0.6) is 0 Å². The maximum atomic E-state index is 14.5. The zero-order valence-electron chi connectivity index (χ0n) is 22.8. The number of likely N-dealkylation sites (tertiary alicyclic amines) is 1. The predicted molar refractivity (Wildman–Crippen MR) is 144 cm³/mol. The highest BCUT2D eigenvalue weighted by molar-refractivity contribution is 5.81. The van der Waals surface area contributed by atoms with E-state index in [0.717, 1.165) is 58.2 Å². The third-order valence-electron chi connectivity index (χ3n) is 9.30. The molecule has 2 bridgehead atoms. The van der Waals surface area contributed by atoms with Crippen molar-refractivity contribution >= 4 is 5.91 Å². The highest BCUT2D eigenvalue weighted by atomic mass is 19.1. The van der Waals surface area contributed by atoms with Gasteiger partial charge in [-0.05, 0) is 56.4 Å². The fourth-order valence-corrected chi connectivity index (χ4v) is 7.16. The van der Waals surface area contributed by atoms with Gasteiger partial charge in [-0.3, -0.25) is 10.1 Å².